The summed E-state index contributed by atoms with van der Waals surface area (Å²) in [5.74, 6) is -10.2. The van der Waals surface area contributed by atoms with Gasteiger partial charge in [0.1, 0.15) is 60.4 Å². The molecule has 510 valence electrons. The third kappa shape index (κ3) is 23.2. The number of amides is 11. The number of likely N-dealkylation sites (N-methyl/N-ethyl adjacent to an activating group) is 7. The lowest BCUT2D eigenvalue weighted by atomic mass is 9.91. The molecule has 1 heterocycles. The molecular weight excluding hydrogens is 1150 g/mol. The molecule has 1 rings (SSSR count). The van der Waals surface area contributed by atoms with Crippen molar-refractivity contribution in [2.45, 2.75) is 228 Å². The van der Waals surface area contributed by atoms with E-state index >= 15 is 9.59 Å². The Morgan fingerprint density at radius 3 is 1.47 bits per heavy atom. The molecule has 0 aromatic heterocycles. The topological polar surface area (TPSA) is 308 Å². The number of aliphatic hydroxyl groups is 2. The molecule has 0 bridgehead atoms. The standard InChI is InChI=1S/C64H115N11O14/c1-24-26-29-41(13)54(78)53-58(82)67-45(25-2)60(84)69(17)35-49(77)73(21)52(44(16)89-31-28-27-30-76)57(81)68-50(39(9)10)63(87)70(18)46(32-36(3)4)56(80)65-42(14)55(79)66-43(15)59(83)71(19)47(33-37(5)6)61(85)72(20)48(34-38(7)8)62(86)74(22)51(40(11)12)64(88)75(53)23/h24,26,36-48,50-54,76,78H,25,27-35H2,1-23H3,(H,65,80)(H,66,79)(H,67,82)(H,68,81)/b26-24+/t41-,42+,43-,44-,45+,46+,47+,48+,50+,51+,52+,53-,54-/m1/s1. The largest absolute Gasteiger partial charge is 0.396 e. The van der Waals surface area contributed by atoms with Crippen molar-refractivity contribution >= 4 is 65.0 Å². The number of hydrogen-bond acceptors (Lipinski definition) is 14. The number of nitrogens with zero attached hydrogens (tertiary/aromatic N) is 7. The van der Waals surface area contributed by atoms with Gasteiger partial charge in [-0.3, -0.25) is 52.7 Å². The summed E-state index contributed by atoms with van der Waals surface area (Å²) in [5.41, 5.74) is 0. The van der Waals surface area contributed by atoms with Gasteiger partial charge in [-0.15, -0.1) is 0 Å². The van der Waals surface area contributed by atoms with Crippen molar-refractivity contribution in [3.05, 3.63) is 12.2 Å². The molecule has 11 amide bonds. The molecule has 0 aliphatic carbocycles. The summed E-state index contributed by atoms with van der Waals surface area (Å²) in [7, 11) is 9.73. The summed E-state index contributed by atoms with van der Waals surface area (Å²) in [6.45, 7) is 26.8. The maximum atomic E-state index is 15.2. The molecule has 0 unspecified atom stereocenters. The molecule has 25 heteroatoms. The van der Waals surface area contributed by atoms with E-state index in [1.807, 2.05) is 41.5 Å². The fourth-order valence-corrected chi connectivity index (χ4v) is 11.0. The Bertz CT molecular complexity index is 2400. The lowest BCUT2D eigenvalue weighted by molar-refractivity contribution is -0.157. The number of hydrogen-bond donors (Lipinski definition) is 6. The number of unbranched alkanes of at least 4 members (excludes halogenated alkanes) is 1. The molecule has 13 atom stereocenters. The predicted molar refractivity (Wildman–Crippen MR) is 341 cm³/mol. The first kappa shape index (κ1) is 80.8. The molecule has 6 N–H and O–H groups in total. The van der Waals surface area contributed by atoms with Gasteiger partial charge in [0.15, 0.2) is 0 Å². The van der Waals surface area contributed by atoms with E-state index in [2.05, 4.69) is 21.3 Å². The molecule has 0 saturated carbocycles. The van der Waals surface area contributed by atoms with Crippen LogP contribution < -0.4 is 21.3 Å². The number of rotatable bonds is 19. The summed E-state index contributed by atoms with van der Waals surface area (Å²) in [4.78, 5) is 169. The average molecular weight is 1260 g/mol. The second kappa shape index (κ2) is 37.8. The molecule has 1 aliphatic rings. The Hall–Kier alpha value is -6.21. The minimum Gasteiger partial charge on any atom is -0.396 e. The lowest BCUT2D eigenvalue weighted by Gasteiger charge is -2.41. The fraction of sp³-hybridized carbons (Fsp3) is 0.797. The van der Waals surface area contributed by atoms with Gasteiger partial charge in [0.05, 0.1) is 18.8 Å². The maximum absolute atomic E-state index is 15.2. The molecule has 1 fully saturated rings. The third-order valence-electron chi connectivity index (χ3n) is 16.7. The quantitative estimate of drug-likeness (QED) is 0.0800. The van der Waals surface area contributed by atoms with Gasteiger partial charge in [-0.05, 0) is 108 Å². The van der Waals surface area contributed by atoms with Crippen LogP contribution >= 0.6 is 0 Å². The Morgan fingerprint density at radius 2 is 0.989 bits per heavy atom. The van der Waals surface area contributed by atoms with Crippen LogP contribution in [0.25, 0.3) is 0 Å². The van der Waals surface area contributed by atoms with Crippen LogP contribution in [0, 0.1) is 35.5 Å². The van der Waals surface area contributed by atoms with Gasteiger partial charge in [0, 0.05) is 62.5 Å². The summed E-state index contributed by atoms with van der Waals surface area (Å²) in [6.07, 6.45) is 2.49. The van der Waals surface area contributed by atoms with Gasteiger partial charge >= 0.3 is 0 Å². The molecule has 1 saturated heterocycles. The second-order valence-electron chi connectivity index (χ2n) is 26.4. The molecule has 0 aromatic rings. The molecule has 89 heavy (non-hydrogen) atoms. The van der Waals surface area contributed by atoms with Gasteiger partial charge < -0.3 is 70.5 Å². The first-order valence-electron chi connectivity index (χ1n) is 31.8. The highest BCUT2D eigenvalue weighted by atomic mass is 16.5. The predicted octanol–water partition coefficient (Wildman–Crippen LogP) is 2.40. The van der Waals surface area contributed by atoms with E-state index in [0.29, 0.717) is 19.3 Å². The average Bonchev–Trinajstić information content (AvgIpc) is 0.987. The van der Waals surface area contributed by atoms with Crippen LogP contribution in [0.4, 0.5) is 0 Å². The van der Waals surface area contributed by atoms with Crippen LogP contribution in [0.2, 0.25) is 0 Å². The van der Waals surface area contributed by atoms with E-state index in [0.717, 1.165) is 14.7 Å². The zero-order valence-corrected chi connectivity index (χ0v) is 58.0. The molecule has 1 aliphatic heterocycles. The summed E-state index contributed by atoms with van der Waals surface area (Å²) < 4.78 is 6.06. The monoisotopic (exact) mass is 1260 g/mol. The summed E-state index contributed by atoms with van der Waals surface area (Å²) in [5, 5.41) is 32.5. The molecule has 0 aromatic carbocycles. The Labute approximate surface area is 531 Å². The molecular formula is C64H115N11O14. The number of ether oxygens (including phenoxy) is 1. The minimum atomic E-state index is -1.64. The van der Waals surface area contributed by atoms with Crippen LogP contribution in [0.1, 0.15) is 156 Å². The van der Waals surface area contributed by atoms with Crippen molar-refractivity contribution in [1.29, 1.82) is 0 Å². The van der Waals surface area contributed by atoms with Crippen molar-refractivity contribution in [2.75, 3.05) is 69.1 Å². The normalized spacial score (nSPS) is 26.5. The van der Waals surface area contributed by atoms with E-state index in [1.54, 1.807) is 67.5 Å². The van der Waals surface area contributed by atoms with Gasteiger partial charge in [-0.1, -0.05) is 95.2 Å². The van der Waals surface area contributed by atoms with Crippen LogP contribution in [-0.4, -0.2) is 251 Å². The maximum Gasteiger partial charge on any atom is 0.246 e. The highest BCUT2D eigenvalue weighted by Gasteiger charge is 2.46. The highest BCUT2D eigenvalue weighted by molar-refractivity contribution is 5.99. The van der Waals surface area contributed by atoms with E-state index < -0.39 is 162 Å². The Morgan fingerprint density at radius 1 is 0.517 bits per heavy atom. The number of carbonyl (C=O) groups excluding carboxylic acids is 11. The van der Waals surface area contributed by atoms with E-state index in [9.17, 15) is 53.4 Å². The number of carbonyl (C=O) groups is 11. The lowest BCUT2D eigenvalue weighted by Crippen LogP contribution is -2.63. The van der Waals surface area contributed by atoms with Crippen molar-refractivity contribution in [2.24, 2.45) is 35.5 Å². The van der Waals surface area contributed by atoms with E-state index in [-0.39, 0.29) is 56.7 Å². The number of allylic oxidation sites excluding steroid dienone is 2. The Balaban J connectivity index is 4.38. The SMILES string of the molecule is C/C=C/C[C@@H](C)[C@@H](O)[C@@H]1C(=O)N[C@@H](CC)C(=O)N(C)CC(=O)N(C)[C@@H]([C@@H](C)OCCCCO)C(=O)N[C@@H](C(C)C)C(=O)N(C)[C@@H](CC(C)C)C(=O)N[C@@H](C)C(=O)N[C@H](C)C(=O)N(C)[C@@H](CC(C)C)C(=O)N(C)[C@@H](CC(C)C)C(=O)N(C)[C@@H](C(C)C)C(=O)N1C. The van der Waals surface area contributed by atoms with Crippen molar-refractivity contribution in [3.8, 4) is 0 Å². The van der Waals surface area contributed by atoms with Crippen LogP contribution in [0.3, 0.4) is 0 Å². The van der Waals surface area contributed by atoms with E-state index in [4.69, 9.17) is 4.74 Å². The van der Waals surface area contributed by atoms with Crippen LogP contribution in [0.5, 0.6) is 0 Å². The van der Waals surface area contributed by atoms with Crippen molar-refractivity contribution in [3.63, 3.8) is 0 Å². The van der Waals surface area contributed by atoms with Crippen molar-refractivity contribution < 1.29 is 67.7 Å². The van der Waals surface area contributed by atoms with Gasteiger partial charge in [-0.2, -0.15) is 0 Å². The summed E-state index contributed by atoms with van der Waals surface area (Å²) in [6, 6.07) is -12.9. The highest BCUT2D eigenvalue weighted by Crippen LogP contribution is 2.26. The van der Waals surface area contributed by atoms with E-state index in [1.165, 1.54) is 82.8 Å². The minimum absolute atomic E-state index is 0.0135. The fourth-order valence-electron chi connectivity index (χ4n) is 11.0. The zero-order chi connectivity index (χ0) is 68.8. The van der Waals surface area contributed by atoms with Crippen LogP contribution in [0.15, 0.2) is 12.2 Å². The van der Waals surface area contributed by atoms with Gasteiger partial charge in [-0.25, -0.2) is 0 Å². The second-order valence-corrected chi connectivity index (χ2v) is 26.4. The summed E-state index contributed by atoms with van der Waals surface area (Å²) >= 11 is 0. The first-order valence-corrected chi connectivity index (χ1v) is 31.8. The van der Waals surface area contributed by atoms with Crippen molar-refractivity contribution in [1.82, 2.24) is 55.6 Å². The number of nitrogens with one attached hydrogen (secondary N) is 4. The van der Waals surface area contributed by atoms with Crippen LogP contribution in [-0.2, 0) is 57.5 Å². The first-order chi connectivity index (χ1) is 41.3. The molecule has 0 spiro atoms. The third-order valence-corrected chi connectivity index (χ3v) is 16.7. The smallest absolute Gasteiger partial charge is 0.246 e. The zero-order valence-electron chi connectivity index (χ0n) is 58.0. The van der Waals surface area contributed by atoms with Gasteiger partial charge in [0.2, 0.25) is 65.0 Å². The number of aliphatic hydroxyl groups excluding tert-OH is 2. The molecule has 0 radical (unpaired) electrons. The Kier molecular flexibility index (Phi) is 34.3. The van der Waals surface area contributed by atoms with Gasteiger partial charge in [0.25, 0.3) is 0 Å². The molecule has 25 nitrogen and oxygen atoms in total.